The first kappa shape index (κ1) is 70.3. The minimum Gasteiger partial charge on any atom is -0.466 e. The Morgan fingerprint density at radius 1 is 0.375 bits per heavy atom. The molecular weight excluding hydrogens is 887 g/mol. The van der Waals surface area contributed by atoms with Crippen LogP contribution in [0.2, 0.25) is 0 Å². The molecule has 0 aliphatic rings. The van der Waals surface area contributed by atoms with Gasteiger partial charge in [0, 0.05) is 12.8 Å². The number of nitrogens with one attached hydrogen (secondary N) is 1. The molecule has 6 nitrogen and oxygen atoms in total. The Morgan fingerprint density at radius 2 is 0.653 bits per heavy atom. The fourth-order valence-corrected chi connectivity index (χ4v) is 10.2. The largest absolute Gasteiger partial charge is 0.466 e. The van der Waals surface area contributed by atoms with Gasteiger partial charge in [0.1, 0.15) is 0 Å². The molecule has 0 spiro atoms. The van der Waals surface area contributed by atoms with Crippen LogP contribution in [-0.2, 0) is 14.3 Å². The molecule has 0 heterocycles. The first-order chi connectivity index (χ1) is 35.5. The summed E-state index contributed by atoms with van der Waals surface area (Å²) in [6.07, 6.45) is 76.6. The summed E-state index contributed by atoms with van der Waals surface area (Å²) in [7, 11) is 0. The smallest absolute Gasteiger partial charge is 0.305 e. The maximum Gasteiger partial charge on any atom is 0.305 e. The van der Waals surface area contributed by atoms with Crippen molar-refractivity contribution in [1.29, 1.82) is 0 Å². The van der Waals surface area contributed by atoms with E-state index in [2.05, 4.69) is 31.3 Å². The van der Waals surface area contributed by atoms with Crippen LogP contribution in [0, 0.1) is 0 Å². The number of carbonyl (C=O) groups excluding carboxylic acids is 2. The molecule has 2 unspecified atom stereocenters. The van der Waals surface area contributed by atoms with Crippen LogP contribution in [0.1, 0.15) is 361 Å². The van der Waals surface area contributed by atoms with Crippen LogP contribution >= 0.6 is 0 Å². The standard InChI is InChI=1S/C66H127NO5/c1-3-5-7-9-11-13-15-16-17-29-32-35-39-42-46-50-54-58-64(69)63(62-68)67-65(70)59-55-51-47-43-40-36-33-30-27-25-23-21-19-18-20-22-24-26-28-31-34-37-41-45-49-53-57-61-72-66(71)60-56-52-48-44-38-14-12-10-8-6-4-2/h18-19,54,58,63-64,68-69H,3-17,20-53,55-57,59-62H2,1-2H3,(H,67,70)/b19-18-,58-54+. The van der Waals surface area contributed by atoms with E-state index < -0.39 is 12.1 Å². The summed E-state index contributed by atoms with van der Waals surface area (Å²) in [5.41, 5.74) is 0. The van der Waals surface area contributed by atoms with E-state index in [1.807, 2.05) is 6.08 Å². The summed E-state index contributed by atoms with van der Waals surface area (Å²) >= 11 is 0. The lowest BCUT2D eigenvalue weighted by Crippen LogP contribution is -2.45. The minimum absolute atomic E-state index is 0.0148. The van der Waals surface area contributed by atoms with Crippen LogP contribution in [0.3, 0.4) is 0 Å². The number of aliphatic hydroxyl groups excluding tert-OH is 2. The first-order valence-electron chi connectivity index (χ1n) is 32.6. The number of allylic oxidation sites excluding steroid dienone is 3. The van der Waals surface area contributed by atoms with Crippen molar-refractivity contribution in [2.45, 2.75) is 373 Å². The number of carbonyl (C=O) groups is 2. The lowest BCUT2D eigenvalue weighted by molar-refractivity contribution is -0.143. The average molecular weight is 1010 g/mol. The topological polar surface area (TPSA) is 95.9 Å². The second kappa shape index (κ2) is 61.9. The molecule has 0 aromatic heterocycles. The van der Waals surface area contributed by atoms with Crippen LogP contribution in [0.5, 0.6) is 0 Å². The van der Waals surface area contributed by atoms with Crippen molar-refractivity contribution in [3.63, 3.8) is 0 Å². The molecule has 0 saturated carbocycles. The van der Waals surface area contributed by atoms with E-state index in [0.717, 1.165) is 38.5 Å². The number of esters is 1. The van der Waals surface area contributed by atoms with Gasteiger partial charge in [-0.05, 0) is 57.8 Å². The summed E-state index contributed by atoms with van der Waals surface area (Å²) in [6, 6.07) is -0.628. The van der Waals surface area contributed by atoms with Crippen LogP contribution < -0.4 is 5.32 Å². The van der Waals surface area contributed by atoms with E-state index in [0.29, 0.717) is 19.4 Å². The van der Waals surface area contributed by atoms with Gasteiger partial charge < -0.3 is 20.3 Å². The summed E-state index contributed by atoms with van der Waals surface area (Å²) < 4.78 is 5.47. The number of rotatable bonds is 61. The van der Waals surface area contributed by atoms with Gasteiger partial charge in [-0.25, -0.2) is 0 Å². The van der Waals surface area contributed by atoms with Gasteiger partial charge in [-0.3, -0.25) is 9.59 Å². The van der Waals surface area contributed by atoms with E-state index in [1.54, 1.807) is 6.08 Å². The minimum atomic E-state index is -0.845. The predicted octanol–water partition coefficient (Wildman–Crippen LogP) is 20.6. The lowest BCUT2D eigenvalue weighted by atomic mass is 10.0. The average Bonchev–Trinajstić information content (AvgIpc) is 3.38. The third-order valence-corrected chi connectivity index (χ3v) is 15.2. The first-order valence-corrected chi connectivity index (χ1v) is 32.6. The molecule has 0 aromatic carbocycles. The molecule has 0 fully saturated rings. The number of aliphatic hydroxyl groups is 2. The molecular formula is C66H127NO5. The summed E-state index contributed by atoms with van der Waals surface area (Å²) in [4.78, 5) is 24.5. The van der Waals surface area contributed by atoms with E-state index >= 15 is 0 Å². The maximum atomic E-state index is 12.5. The van der Waals surface area contributed by atoms with Crippen molar-refractivity contribution in [2.75, 3.05) is 13.2 Å². The Balaban J connectivity index is 3.41. The van der Waals surface area contributed by atoms with Gasteiger partial charge in [-0.1, -0.05) is 314 Å². The molecule has 0 rings (SSSR count). The summed E-state index contributed by atoms with van der Waals surface area (Å²) in [5, 5.41) is 23.2. The van der Waals surface area contributed by atoms with Crippen LogP contribution in [0.15, 0.2) is 24.3 Å². The number of ether oxygens (including phenoxy) is 1. The second-order valence-corrected chi connectivity index (χ2v) is 22.5. The van der Waals surface area contributed by atoms with Crippen molar-refractivity contribution in [1.82, 2.24) is 5.32 Å². The third-order valence-electron chi connectivity index (χ3n) is 15.2. The van der Waals surface area contributed by atoms with E-state index in [9.17, 15) is 19.8 Å². The van der Waals surface area contributed by atoms with E-state index in [1.165, 1.54) is 295 Å². The van der Waals surface area contributed by atoms with Gasteiger partial charge in [-0.15, -0.1) is 0 Å². The van der Waals surface area contributed by atoms with Crippen molar-refractivity contribution in [3.8, 4) is 0 Å². The molecule has 3 N–H and O–H groups in total. The number of hydrogen-bond donors (Lipinski definition) is 3. The molecule has 1 amide bonds. The van der Waals surface area contributed by atoms with Crippen molar-refractivity contribution in [3.05, 3.63) is 24.3 Å². The quantitative estimate of drug-likeness (QED) is 0.0320. The van der Waals surface area contributed by atoms with E-state index in [4.69, 9.17) is 4.74 Å². The zero-order valence-electron chi connectivity index (χ0n) is 48.7. The Bertz CT molecular complexity index is 1120. The van der Waals surface area contributed by atoms with Crippen LogP contribution in [-0.4, -0.2) is 47.4 Å². The normalized spacial score (nSPS) is 12.7. The van der Waals surface area contributed by atoms with Crippen LogP contribution in [0.4, 0.5) is 0 Å². The predicted molar refractivity (Wildman–Crippen MR) is 315 cm³/mol. The SMILES string of the molecule is CCCCCCCCCCCCCCCCC/C=C/C(O)C(CO)NC(=O)CCCCCCCCCCCCC/C=C\CCCCCCCCCCCCCCOC(=O)CCCCCCCCCCCCC. The molecule has 72 heavy (non-hydrogen) atoms. The monoisotopic (exact) mass is 1010 g/mol. The highest BCUT2D eigenvalue weighted by atomic mass is 16.5. The number of unbranched alkanes of at least 4 members (excludes halogenated alkanes) is 48. The number of amides is 1. The zero-order valence-corrected chi connectivity index (χ0v) is 48.7. The van der Waals surface area contributed by atoms with Gasteiger partial charge in [0.05, 0.1) is 25.4 Å². The van der Waals surface area contributed by atoms with E-state index in [-0.39, 0.29) is 18.5 Å². The molecule has 6 heteroatoms. The molecule has 0 bridgehead atoms. The fraction of sp³-hybridized carbons (Fsp3) is 0.909. The van der Waals surface area contributed by atoms with Gasteiger partial charge in [-0.2, -0.15) is 0 Å². The maximum absolute atomic E-state index is 12.5. The van der Waals surface area contributed by atoms with Gasteiger partial charge in [0.2, 0.25) is 5.91 Å². The molecule has 0 saturated heterocycles. The zero-order chi connectivity index (χ0) is 52.2. The second-order valence-electron chi connectivity index (χ2n) is 22.5. The highest BCUT2D eigenvalue weighted by Crippen LogP contribution is 2.18. The Kier molecular flexibility index (Phi) is 60.5. The van der Waals surface area contributed by atoms with Crippen molar-refractivity contribution in [2.24, 2.45) is 0 Å². The number of hydrogen-bond acceptors (Lipinski definition) is 5. The molecule has 426 valence electrons. The third kappa shape index (κ3) is 57.6. The molecule has 0 aromatic rings. The molecule has 0 aliphatic heterocycles. The van der Waals surface area contributed by atoms with Gasteiger partial charge in [0.25, 0.3) is 0 Å². The highest BCUT2D eigenvalue weighted by Gasteiger charge is 2.18. The van der Waals surface area contributed by atoms with Crippen molar-refractivity contribution >= 4 is 11.9 Å². The summed E-state index contributed by atoms with van der Waals surface area (Å²) in [6.45, 7) is 4.93. The molecule has 0 radical (unpaired) electrons. The Morgan fingerprint density at radius 3 is 0.986 bits per heavy atom. The highest BCUT2D eigenvalue weighted by molar-refractivity contribution is 5.76. The fourth-order valence-electron chi connectivity index (χ4n) is 10.2. The lowest BCUT2D eigenvalue weighted by Gasteiger charge is -2.20. The van der Waals surface area contributed by atoms with Crippen LogP contribution in [0.25, 0.3) is 0 Å². The summed E-state index contributed by atoms with van der Waals surface area (Å²) in [5.74, 6) is -0.0514. The van der Waals surface area contributed by atoms with Gasteiger partial charge in [0.15, 0.2) is 0 Å². The van der Waals surface area contributed by atoms with Crippen molar-refractivity contribution < 1.29 is 24.5 Å². The molecule has 2 atom stereocenters. The Labute approximate surface area is 450 Å². The Hall–Kier alpha value is -1.66. The molecule has 0 aliphatic carbocycles. The van der Waals surface area contributed by atoms with Gasteiger partial charge >= 0.3 is 5.97 Å².